The average molecular weight is 315 g/mol. The predicted molar refractivity (Wildman–Crippen MR) is 83.6 cm³/mol. The first-order valence-corrected chi connectivity index (χ1v) is 7.92. The molecule has 0 aliphatic carbocycles. The fraction of sp³-hybridized carbons (Fsp3) is 0.333. The van der Waals surface area contributed by atoms with Crippen LogP contribution < -0.4 is 0 Å². The van der Waals surface area contributed by atoms with E-state index in [2.05, 4.69) is 37.0 Å². The zero-order chi connectivity index (χ0) is 15.5. The van der Waals surface area contributed by atoms with Crippen molar-refractivity contribution >= 4 is 11.8 Å². The number of rotatable bonds is 5. The van der Waals surface area contributed by atoms with Crippen molar-refractivity contribution in [3.63, 3.8) is 0 Å². The highest BCUT2D eigenvalue weighted by atomic mass is 32.2. The van der Waals surface area contributed by atoms with Gasteiger partial charge in [0.25, 0.3) is 0 Å². The maximum absolute atomic E-state index is 5.22. The third-order valence-corrected chi connectivity index (χ3v) is 4.33. The molecule has 0 spiro atoms. The Balaban J connectivity index is 1.80. The van der Waals surface area contributed by atoms with Gasteiger partial charge >= 0.3 is 0 Å². The van der Waals surface area contributed by atoms with Gasteiger partial charge in [0.1, 0.15) is 5.82 Å². The van der Waals surface area contributed by atoms with E-state index in [1.54, 1.807) is 11.8 Å². The van der Waals surface area contributed by atoms with Crippen LogP contribution in [-0.4, -0.2) is 24.9 Å². The molecule has 2 heterocycles. The van der Waals surface area contributed by atoms with Crippen LogP contribution in [0.25, 0.3) is 0 Å². The molecular weight excluding hydrogens is 298 g/mol. The molecule has 0 saturated carbocycles. The van der Waals surface area contributed by atoms with E-state index < -0.39 is 0 Å². The maximum atomic E-state index is 5.22. The Morgan fingerprint density at radius 1 is 1.18 bits per heavy atom. The van der Waals surface area contributed by atoms with Gasteiger partial charge in [-0.05, 0) is 26.3 Å². The molecule has 0 aliphatic heterocycles. The Bertz CT molecular complexity index is 752. The summed E-state index contributed by atoms with van der Waals surface area (Å²) < 4.78 is 7.32. The van der Waals surface area contributed by atoms with Crippen LogP contribution in [0.15, 0.2) is 40.0 Å². The van der Waals surface area contributed by atoms with Crippen LogP contribution in [0.5, 0.6) is 0 Å². The van der Waals surface area contributed by atoms with Crippen LogP contribution >= 0.6 is 11.8 Å². The van der Waals surface area contributed by atoms with Crippen molar-refractivity contribution in [2.24, 2.45) is 0 Å². The summed E-state index contributed by atoms with van der Waals surface area (Å²) in [4.78, 5) is 4.27. The minimum atomic E-state index is 0.0272. The molecule has 0 bridgehead atoms. The molecule has 1 unspecified atom stereocenters. The van der Waals surface area contributed by atoms with Gasteiger partial charge < -0.3 is 9.09 Å². The topological polar surface area (TPSA) is 69.6 Å². The van der Waals surface area contributed by atoms with E-state index in [-0.39, 0.29) is 5.25 Å². The van der Waals surface area contributed by atoms with Crippen LogP contribution in [0, 0.1) is 13.8 Å². The van der Waals surface area contributed by atoms with Crippen molar-refractivity contribution in [3.05, 3.63) is 53.4 Å². The second-order valence-electron chi connectivity index (χ2n) is 5.04. The molecule has 0 aliphatic rings. The fourth-order valence-electron chi connectivity index (χ4n) is 2.08. The van der Waals surface area contributed by atoms with Gasteiger partial charge in [-0.1, -0.05) is 47.3 Å². The van der Waals surface area contributed by atoms with E-state index in [1.807, 2.05) is 39.0 Å². The number of hydrogen-bond acceptors (Lipinski definition) is 6. The average Bonchev–Trinajstić information content (AvgIpc) is 3.09. The summed E-state index contributed by atoms with van der Waals surface area (Å²) in [6, 6.07) is 10.3. The highest BCUT2D eigenvalue weighted by Gasteiger charge is 2.19. The van der Waals surface area contributed by atoms with Crippen molar-refractivity contribution in [2.75, 3.05) is 0 Å². The van der Waals surface area contributed by atoms with Crippen molar-refractivity contribution in [1.29, 1.82) is 0 Å². The van der Waals surface area contributed by atoms with Crippen molar-refractivity contribution in [3.8, 4) is 0 Å². The second-order valence-corrected chi connectivity index (χ2v) is 6.35. The summed E-state index contributed by atoms with van der Waals surface area (Å²) in [6.45, 7) is 6.54. The Morgan fingerprint density at radius 2 is 1.95 bits per heavy atom. The molecule has 0 saturated heterocycles. The Kier molecular flexibility index (Phi) is 4.24. The third-order valence-electron chi connectivity index (χ3n) is 3.26. The summed E-state index contributed by atoms with van der Waals surface area (Å²) in [7, 11) is 0. The lowest BCUT2D eigenvalue weighted by atomic mass is 10.2. The van der Waals surface area contributed by atoms with Gasteiger partial charge in [-0.15, -0.1) is 10.2 Å². The molecule has 1 aromatic carbocycles. The summed E-state index contributed by atoms with van der Waals surface area (Å²) in [5.41, 5.74) is 1.22. The van der Waals surface area contributed by atoms with E-state index in [4.69, 9.17) is 4.52 Å². The molecule has 1 atom stereocenters. The van der Waals surface area contributed by atoms with E-state index >= 15 is 0 Å². The first-order chi connectivity index (χ1) is 10.6. The molecule has 7 heteroatoms. The van der Waals surface area contributed by atoms with Gasteiger partial charge in [-0.25, -0.2) is 0 Å². The Morgan fingerprint density at radius 3 is 2.64 bits per heavy atom. The molecule has 3 rings (SSSR count). The number of benzene rings is 1. The van der Waals surface area contributed by atoms with Gasteiger partial charge in [0.2, 0.25) is 5.89 Å². The lowest BCUT2D eigenvalue weighted by Crippen LogP contribution is -2.04. The van der Waals surface area contributed by atoms with Gasteiger partial charge in [0, 0.05) is 0 Å². The third kappa shape index (κ3) is 3.19. The first-order valence-electron chi connectivity index (χ1n) is 7.04. The van der Waals surface area contributed by atoms with Crippen LogP contribution in [0.3, 0.4) is 0 Å². The molecule has 0 fully saturated rings. The molecule has 6 nitrogen and oxygen atoms in total. The van der Waals surface area contributed by atoms with Crippen LogP contribution in [0.4, 0.5) is 0 Å². The highest BCUT2D eigenvalue weighted by Crippen LogP contribution is 2.33. The largest absolute Gasteiger partial charge is 0.338 e. The lowest BCUT2D eigenvalue weighted by Gasteiger charge is -2.10. The zero-order valence-corrected chi connectivity index (χ0v) is 13.5. The molecule has 114 valence electrons. The van der Waals surface area contributed by atoms with Gasteiger partial charge in [0.15, 0.2) is 11.0 Å². The lowest BCUT2D eigenvalue weighted by molar-refractivity contribution is 0.376. The second kappa shape index (κ2) is 6.31. The van der Waals surface area contributed by atoms with E-state index in [1.165, 1.54) is 5.56 Å². The molecule has 0 amide bonds. The highest BCUT2D eigenvalue weighted by molar-refractivity contribution is 7.99. The minimum Gasteiger partial charge on any atom is -0.338 e. The number of thioether (sulfide) groups is 1. The number of nitrogens with zero attached hydrogens (tertiary/aromatic N) is 5. The smallest absolute Gasteiger partial charge is 0.239 e. The van der Waals surface area contributed by atoms with Gasteiger partial charge in [-0.3, -0.25) is 0 Å². The number of aryl methyl sites for hydroxylation is 2. The molecule has 3 aromatic rings. The standard InChI is InChI=1S/C15H17N5OS/c1-10(14-16-11(2)19-21-14)22-15-18-17-12(3)20(15)9-13-7-5-4-6-8-13/h4-8,10H,9H2,1-3H3. The molecule has 22 heavy (non-hydrogen) atoms. The quantitative estimate of drug-likeness (QED) is 0.674. The summed E-state index contributed by atoms with van der Waals surface area (Å²) >= 11 is 1.57. The van der Waals surface area contributed by atoms with Gasteiger partial charge in [0.05, 0.1) is 11.8 Å². The summed E-state index contributed by atoms with van der Waals surface area (Å²) in [6.07, 6.45) is 0. The van der Waals surface area contributed by atoms with Gasteiger partial charge in [-0.2, -0.15) is 4.98 Å². The number of aromatic nitrogens is 5. The van der Waals surface area contributed by atoms with Crippen molar-refractivity contribution in [2.45, 2.75) is 37.7 Å². The normalized spacial score (nSPS) is 12.5. The van der Waals surface area contributed by atoms with Crippen LogP contribution in [0.1, 0.15) is 35.3 Å². The summed E-state index contributed by atoms with van der Waals surface area (Å²) in [5, 5.41) is 13.2. The van der Waals surface area contributed by atoms with E-state index in [0.29, 0.717) is 11.7 Å². The Hall–Kier alpha value is -2.15. The molecule has 0 N–H and O–H groups in total. The molecular formula is C15H17N5OS. The first kappa shape index (κ1) is 14.8. The van der Waals surface area contributed by atoms with Crippen LogP contribution in [-0.2, 0) is 6.54 Å². The minimum absolute atomic E-state index is 0.0272. The van der Waals surface area contributed by atoms with E-state index in [0.717, 1.165) is 17.5 Å². The SMILES string of the molecule is Cc1noc(C(C)Sc2nnc(C)n2Cc2ccccc2)n1. The predicted octanol–water partition coefficient (Wildman–Crippen LogP) is 3.18. The van der Waals surface area contributed by atoms with Crippen LogP contribution in [0.2, 0.25) is 0 Å². The molecule has 0 radical (unpaired) electrons. The Labute approximate surface area is 133 Å². The zero-order valence-electron chi connectivity index (χ0n) is 12.7. The maximum Gasteiger partial charge on any atom is 0.239 e. The fourth-order valence-corrected chi connectivity index (χ4v) is 3.01. The number of hydrogen-bond donors (Lipinski definition) is 0. The monoisotopic (exact) mass is 315 g/mol. The van der Waals surface area contributed by atoms with Crippen molar-refractivity contribution < 1.29 is 4.52 Å². The van der Waals surface area contributed by atoms with E-state index in [9.17, 15) is 0 Å². The summed E-state index contributed by atoms with van der Waals surface area (Å²) in [5.74, 6) is 2.14. The van der Waals surface area contributed by atoms with Crippen molar-refractivity contribution in [1.82, 2.24) is 24.9 Å². The molecule has 2 aromatic heterocycles.